The van der Waals surface area contributed by atoms with Crippen molar-refractivity contribution < 1.29 is 18.8 Å². The van der Waals surface area contributed by atoms with E-state index in [4.69, 9.17) is 11.6 Å². The summed E-state index contributed by atoms with van der Waals surface area (Å²) >= 11 is 6.03. The number of aromatic nitrogens is 4. The third-order valence-electron chi connectivity index (χ3n) is 8.26. The van der Waals surface area contributed by atoms with Gasteiger partial charge >= 0.3 is 0 Å². The number of carbonyl (C=O) groups excluding carboxylic acids is 3. The van der Waals surface area contributed by atoms with E-state index < -0.39 is 17.8 Å². The lowest BCUT2D eigenvalue weighted by atomic mass is 10.0. The molecule has 1 saturated carbocycles. The number of hydrogen-bond donors (Lipinski definition) is 1. The van der Waals surface area contributed by atoms with Gasteiger partial charge in [0.15, 0.2) is 5.78 Å². The minimum atomic E-state index is -0.697. The van der Waals surface area contributed by atoms with Gasteiger partial charge in [-0.2, -0.15) is 5.10 Å². The van der Waals surface area contributed by atoms with Crippen LogP contribution < -0.4 is 5.32 Å². The molecule has 220 valence electrons. The molecule has 43 heavy (non-hydrogen) atoms. The van der Waals surface area contributed by atoms with Crippen molar-refractivity contribution in [3.05, 3.63) is 82.8 Å². The SMILES string of the molecule is CC(=O)c1nn(CC(=O)N2C3C[C@@H]3C[C@H]2C(=O)NC/C(F)=C(/C)c2cccc(Cl)c2)c2ccc(-c3cnc(C)nc3)cc12. The topological polar surface area (TPSA) is 110 Å². The fourth-order valence-electron chi connectivity index (χ4n) is 5.83. The summed E-state index contributed by atoms with van der Waals surface area (Å²) in [6.45, 7) is 4.46. The second kappa shape index (κ2) is 11.3. The van der Waals surface area contributed by atoms with E-state index in [0.717, 1.165) is 17.5 Å². The number of allylic oxidation sites excluding steroid dienone is 1. The van der Waals surface area contributed by atoms with Gasteiger partial charge in [0.25, 0.3) is 0 Å². The molecule has 3 atom stereocenters. The first-order chi connectivity index (χ1) is 20.6. The van der Waals surface area contributed by atoms with Crippen LogP contribution in [0, 0.1) is 12.8 Å². The van der Waals surface area contributed by atoms with E-state index in [9.17, 15) is 18.8 Å². The van der Waals surface area contributed by atoms with Crippen LogP contribution in [-0.2, 0) is 16.1 Å². The van der Waals surface area contributed by atoms with Crippen LogP contribution in [0.1, 0.15) is 48.6 Å². The minimum Gasteiger partial charge on any atom is -0.348 e. The number of halogens is 2. The summed E-state index contributed by atoms with van der Waals surface area (Å²) in [5.74, 6) is -0.470. The van der Waals surface area contributed by atoms with Crippen molar-refractivity contribution in [1.29, 1.82) is 0 Å². The first kappa shape index (κ1) is 28.7. The Morgan fingerprint density at radius 2 is 1.81 bits per heavy atom. The summed E-state index contributed by atoms with van der Waals surface area (Å²) in [6, 6.07) is 11.7. The molecule has 2 amide bonds. The van der Waals surface area contributed by atoms with Crippen LogP contribution in [0.4, 0.5) is 4.39 Å². The molecule has 0 radical (unpaired) electrons. The number of rotatable bonds is 8. The van der Waals surface area contributed by atoms with Crippen LogP contribution in [0.5, 0.6) is 0 Å². The fraction of sp³-hybridized carbons (Fsp3) is 0.312. The second-order valence-electron chi connectivity index (χ2n) is 11.2. The molecule has 0 bridgehead atoms. The fourth-order valence-corrected chi connectivity index (χ4v) is 6.02. The van der Waals surface area contributed by atoms with E-state index in [2.05, 4.69) is 20.4 Å². The van der Waals surface area contributed by atoms with Crippen molar-refractivity contribution in [2.45, 2.75) is 52.2 Å². The average Bonchev–Trinajstić information content (AvgIpc) is 3.50. The van der Waals surface area contributed by atoms with Crippen LogP contribution >= 0.6 is 11.6 Å². The molecule has 2 aromatic heterocycles. The molecule has 6 rings (SSSR count). The molecule has 1 aliphatic carbocycles. The smallest absolute Gasteiger partial charge is 0.245 e. The van der Waals surface area contributed by atoms with Crippen molar-refractivity contribution in [2.75, 3.05) is 6.54 Å². The first-order valence-corrected chi connectivity index (χ1v) is 14.5. The van der Waals surface area contributed by atoms with Gasteiger partial charge in [0.2, 0.25) is 11.8 Å². The van der Waals surface area contributed by atoms with Crippen molar-refractivity contribution in [3.63, 3.8) is 0 Å². The Morgan fingerprint density at radius 1 is 1.05 bits per heavy atom. The highest BCUT2D eigenvalue weighted by atomic mass is 35.5. The lowest BCUT2D eigenvalue weighted by molar-refractivity contribution is -0.140. The number of ketones is 1. The third kappa shape index (κ3) is 5.67. The number of Topliss-reactive ketones (excluding diaryl/α,β-unsaturated/α-hetero) is 1. The van der Waals surface area contributed by atoms with Gasteiger partial charge in [-0.15, -0.1) is 0 Å². The number of fused-ring (bicyclic) bond motifs is 2. The quantitative estimate of drug-likeness (QED) is 0.280. The molecular formula is C32H30ClFN6O3. The highest BCUT2D eigenvalue weighted by molar-refractivity contribution is 6.30. The predicted octanol–water partition coefficient (Wildman–Crippen LogP) is 5.16. The number of amides is 2. The van der Waals surface area contributed by atoms with Gasteiger partial charge in [0, 0.05) is 41.3 Å². The summed E-state index contributed by atoms with van der Waals surface area (Å²) in [5, 5.41) is 8.29. The van der Waals surface area contributed by atoms with Crippen molar-refractivity contribution >= 4 is 45.7 Å². The number of nitrogens with one attached hydrogen (secondary N) is 1. The van der Waals surface area contributed by atoms with Gasteiger partial charge in [-0.3, -0.25) is 19.1 Å². The maximum atomic E-state index is 15.0. The minimum absolute atomic E-state index is 0.0286. The van der Waals surface area contributed by atoms with E-state index in [-0.39, 0.29) is 42.4 Å². The molecule has 0 spiro atoms. The summed E-state index contributed by atoms with van der Waals surface area (Å²) in [6.07, 6.45) is 4.80. The van der Waals surface area contributed by atoms with Crippen molar-refractivity contribution in [1.82, 2.24) is 30.0 Å². The Kier molecular flexibility index (Phi) is 7.56. The number of piperidine rings is 1. The monoisotopic (exact) mass is 600 g/mol. The molecular weight excluding hydrogens is 571 g/mol. The third-order valence-corrected chi connectivity index (χ3v) is 8.50. The van der Waals surface area contributed by atoms with Crippen LogP contribution in [0.3, 0.4) is 0 Å². The van der Waals surface area contributed by atoms with E-state index in [1.165, 1.54) is 11.6 Å². The summed E-state index contributed by atoms with van der Waals surface area (Å²) in [7, 11) is 0. The molecule has 4 aromatic rings. The standard InChI is InChI=1S/C32H30ClFN6O3/c1-17(20-5-4-6-24(33)9-20)26(34)15-37-32(43)29-12-22-11-28(22)40(29)30(42)16-39-27-8-7-21(23-13-35-19(3)36-14-23)10-25(27)31(38-39)18(2)41/h4-10,13-14,22,28-29H,11-12,15-16H2,1-3H3,(H,37,43)/b26-17+/t22-,28?,29+/m1/s1. The number of carbonyl (C=O) groups is 3. The Balaban J connectivity index is 1.20. The van der Waals surface area contributed by atoms with Crippen molar-refractivity contribution in [2.24, 2.45) is 5.92 Å². The van der Waals surface area contributed by atoms with Gasteiger partial charge in [-0.1, -0.05) is 29.8 Å². The van der Waals surface area contributed by atoms with E-state index in [1.807, 2.05) is 18.2 Å². The number of benzene rings is 2. The molecule has 3 heterocycles. The molecule has 1 unspecified atom stereocenters. The maximum Gasteiger partial charge on any atom is 0.245 e. The number of likely N-dealkylation sites (tertiary alicyclic amines) is 1. The van der Waals surface area contributed by atoms with E-state index >= 15 is 0 Å². The number of aryl methyl sites for hydroxylation is 1. The lowest BCUT2D eigenvalue weighted by Crippen LogP contribution is -2.49. The first-order valence-electron chi connectivity index (χ1n) is 14.1. The number of nitrogens with zero attached hydrogens (tertiary/aromatic N) is 5. The molecule has 11 heteroatoms. The second-order valence-corrected chi connectivity index (χ2v) is 11.6. The highest BCUT2D eigenvalue weighted by Crippen LogP contribution is 2.48. The number of hydrogen-bond acceptors (Lipinski definition) is 6. The Hall–Kier alpha value is -4.44. The highest BCUT2D eigenvalue weighted by Gasteiger charge is 2.56. The van der Waals surface area contributed by atoms with E-state index in [0.29, 0.717) is 39.3 Å². The normalized spacial score (nSPS) is 19.7. The van der Waals surface area contributed by atoms with Crippen LogP contribution in [0.25, 0.3) is 27.6 Å². The summed E-state index contributed by atoms with van der Waals surface area (Å²) in [5.41, 5.74) is 3.53. The van der Waals surface area contributed by atoms with Gasteiger partial charge in [0.05, 0.1) is 12.1 Å². The van der Waals surface area contributed by atoms with E-state index in [1.54, 1.807) is 55.4 Å². The van der Waals surface area contributed by atoms with Crippen LogP contribution in [-0.4, -0.2) is 60.9 Å². The molecule has 2 aliphatic rings. The van der Waals surface area contributed by atoms with Gasteiger partial charge in [-0.25, -0.2) is 14.4 Å². The molecule has 1 aliphatic heterocycles. The Bertz CT molecular complexity index is 1800. The van der Waals surface area contributed by atoms with Gasteiger partial charge in [-0.05, 0) is 73.6 Å². The summed E-state index contributed by atoms with van der Waals surface area (Å²) < 4.78 is 16.5. The zero-order chi connectivity index (χ0) is 30.4. The van der Waals surface area contributed by atoms with Crippen molar-refractivity contribution in [3.8, 4) is 11.1 Å². The average molecular weight is 601 g/mol. The van der Waals surface area contributed by atoms with Gasteiger partial charge < -0.3 is 10.2 Å². The maximum absolute atomic E-state index is 15.0. The predicted molar refractivity (Wildman–Crippen MR) is 161 cm³/mol. The summed E-state index contributed by atoms with van der Waals surface area (Å²) in [4.78, 5) is 49.5. The lowest BCUT2D eigenvalue weighted by Gasteiger charge is -2.27. The van der Waals surface area contributed by atoms with Crippen LogP contribution in [0.15, 0.2) is 60.7 Å². The molecule has 9 nitrogen and oxygen atoms in total. The van der Waals surface area contributed by atoms with Crippen LogP contribution in [0.2, 0.25) is 5.02 Å². The Labute approximate surface area is 252 Å². The van der Waals surface area contributed by atoms with Gasteiger partial charge in [0.1, 0.15) is 29.9 Å². The molecule has 2 fully saturated rings. The Morgan fingerprint density at radius 3 is 2.53 bits per heavy atom. The molecule has 1 saturated heterocycles. The zero-order valence-corrected chi connectivity index (χ0v) is 24.7. The zero-order valence-electron chi connectivity index (χ0n) is 24.0. The molecule has 2 aromatic carbocycles. The largest absolute Gasteiger partial charge is 0.348 e. The molecule has 1 N–H and O–H groups in total.